The normalized spacial score (nSPS) is 10.7. The van der Waals surface area contributed by atoms with Crippen molar-refractivity contribution in [1.82, 2.24) is 4.98 Å². The van der Waals surface area contributed by atoms with E-state index in [0.717, 1.165) is 33.7 Å². The summed E-state index contributed by atoms with van der Waals surface area (Å²) in [5, 5.41) is 9.24. The van der Waals surface area contributed by atoms with E-state index in [1.807, 2.05) is 79.7 Å². The predicted molar refractivity (Wildman–Crippen MR) is 126 cm³/mol. The maximum atomic E-state index is 11.3. The average molecular weight is 443 g/mol. The van der Waals surface area contributed by atoms with Crippen LogP contribution in [0.3, 0.4) is 0 Å². The zero-order chi connectivity index (χ0) is 23.2. The van der Waals surface area contributed by atoms with E-state index in [4.69, 9.17) is 13.9 Å². The second-order valence-electron chi connectivity index (χ2n) is 7.58. The third-order valence-electron chi connectivity index (χ3n) is 5.34. The second kappa shape index (κ2) is 10.0. The van der Waals surface area contributed by atoms with Crippen molar-refractivity contribution in [3.05, 3.63) is 89.8 Å². The highest BCUT2D eigenvalue weighted by Crippen LogP contribution is 2.34. The minimum atomic E-state index is -0.870. The van der Waals surface area contributed by atoms with Gasteiger partial charge in [0.2, 0.25) is 5.89 Å². The van der Waals surface area contributed by atoms with Crippen molar-refractivity contribution in [1.29, 1.82) is 0 Å². The molecule has 0 radical (unpaired) electrons. The molecular formula is C27H25NO5. The summed E-state index contributed by atoms with van der Waals surface area (Å²) >= 11 is 0. The van der Waals surface area contributed by atoms with Crippen molar-refractivity contribution >= 4 is 5.97 Å². The Kier molecular flexibility index (Phi) is 6.74. The summed E-state index contributed by atoms with van der Waals surface area (Å²) < 4.78 is 17.4. The van der Waals surface area contributed by atoms with Gasteiger partial charge in [-0.1, -0.05) is 48.5 Å². The number of hydrogen-bond donors (Lipinski definition) is 1. The van der Waals surface area contributed by atoms with Gasteiger partial charge in [-0.2, -0.15) is 0 Å². The summed E-state index contributed by atoms with van der Waals surface area (Å²) in [6.45, 7) is 2.29. The minimum absolute atomic E-state index is 0.0480. The van der Waals surface area contributed by atoms with E-state index in [0.29, 0.717) is 30.4 Å². The highest BCUT2D eigenvalue weighted by molar-refractivity contribution is 5.77. The number of aryl methyl sites for hydroxylation is 1. The van der Waals surface area contributed by atoms with E-state index < -0.39 is 5.97 Å². The molecule has 1 N–H and O–H groups in total. The number of methoxy groups -OCH3 is 1. The van der Waals surface area contributed by atoms with Crippen LogP contribution in [0.25, 0.3) is 22.6 Å². The fraction of sp³-hybridized carbons (Fsp3) is 0.185. The Hall–Kier alpha value is -4.06. The van der Waals surface area contributed by atoms with E-state index in [9.17, 15) is 9.90 Å². The molecule has 0 saturated heterocycles. The molecule has 0 atom stereocenters. The predicted octanol–water partition coefficient (Wildman–Crippen LogP) is 5.57. The summed E-state index contributed by atoms with van der Waals surface area (Å²) in [5.74, 6) is 1.68. The van der Waals surface area contributed by atoms with Crippen LogP contribution in [0.15, 0.2) is 77.2 Å². The number of carboxylic acid groups (broad SMARTS) is 1. The fourth-order valence-electron chi connectivity index (χ4n) is 3.70. The van der Waals surface area contributed by atoms with Crippen LogP contribution in [-0.2, 0) is 17.6 Å². The van der Waals surface area contributed by atoms with Crippen molar-refractivity contribution in [3.8, 4) is 34.1 Å². The molecule has 0 amide bonds. The monoisotopic (exact) mass is 443 g/mol. The number of oxazole rings is 1. The van der Waals surface area contributed by atoms with Crippen molar-refractivity contribution < 1.29 is 23.8 Å². The van der Waals surface area contributed by atoms with E-state index in [-0.39, 0.29) is 6.42 Å². The number of rotatable bonds is 9. The molecule has 1 heterocycles. The first-order chi connectivity index (χ1) is 16.0. The molecule has 0 spiro atoms. The molecule has 0 unspecified atom stereocenters. The molecule has 0 aliphatic rings. The van der Waals surface area contributed by atoms with Crippen molar-refractivity contribution in [2.24, 2.45) is 0 Å². The first-order valence-corrected chi connectivity index (χ1v) is 10.7. The average Bonchev–Trinajstić information content (AvgIpc) is 3.20. The molecule has 0 aliphatic heterocycles. The molecule has 6 nitrogen and oxygen atoms in total. The van der Waals surface area contributed by atoms with Gasteiger partial charge >= 0.3 is 5.97 Å². The lowest BCUT2D eigenvalue weighted by Crippen LogP contribution is -2.05. The van der Waals surface area contributed by atoms with Gasteiger partial charge in [0.05, 0.1) is 25.8 Å². The van der Waals surface area contributed by atoms with Crippen LogP contribution < -0.4 is 9.47 Å². The molecular weight excluding hydrogens is 418 g/mol. The number of hydrogen-bond acceptors (Lipinski definition) is 5. The lowest BCUT2D eigenvalue weighted by atomic mass is 9.97. The number of benzene rings is 3. The molecule has 4 aromatic rings. The number of aliphatic carboxylic acids is 1. The van der Waals surface area contributed by atoms with Crippen molar-refractivity contribution in [2.45, 2.75) is 19.8 Å². The van der Waals surface area contributed by atoms with Crippen LogP contribution >= 0.6 is 0 Å². The van der Waals surface area contributed by atoms with E-state index in [1.165, 1.54) is 0 Å². The standard InChI is InChI=1S/C27H25NO5/c1-18-23(28-27(33-18)19-8-4-3-5-9-19)14-15-32-25-16-21(12-13-24(25)31-2)22-11-7-6-10-20(22)17-26(29)30/h3-13,16H,14-15,17H2,1-2H3,(H,29,30). The van der Waals surface area contributed by atoms with Gasteiger partial charge in [-0.3, -0.25) is 4.79 Å². The fourth-order valence-corrected chi connectivity index (χ4v) is 3.70. The van der Waals surface area contributed by atoms with Crippen LogP contribution in [-0.4, -0.2) is 29.8 Å². The zero-order valence-electron chi connectivity index (χ0n) is 18.6. The second-order valence-corrected chi connectivity index (χ2v) is 7.58. The summed E-state index contributed by atoms with van der Waals surface area (Å²) in [5.41, 5.74) is 4.24. The summed E-state index contributed by atoms with van der Waals surface area (Å²) in [6, 6.07) is 22.9. The Labute approximate surface area is 192 Å². The molecule has 3 aromatic carbocycles. The van der Waals surface area contributed by atoms with Crippen molar-refractivity contribution in [2.75, 3.05) is 13.7 Å². The van der Waals surface area contributed by atoms with Crippen LogP contribution in [0.2, 0.25) is 0 Å². The van der Waals surface area contributed by atoms with Crippen LogP contribution in [0, 0.1) is 6.92 Å². The van der Waals surface area contributed by atoms with Crippen LogP contribution in [0.4, 0.5) is 0 Å². The number of nitrogens with zero attached hydrogens (tertiary/aromatic N) is 1. The van der Waals surface area contributed by atoms with Gasteiger partial charge in [0.1, 0.15) is 5.76 Å². The first-order valence-electron chi connectivity index (χ1n) is 10.7. The molecule has 4 rings (SSSR count). The molecule has 1 aromatic heterocycles. The maximum absolute atomic E-state index is 11.3. The summed E-state index contributed by atoms with van der Waals surface area (Å²) in [4.78, 5) is 15.9. The third kappa shape index (κ3) is 5.23. The Bertz CT molecular complexity index is 1250. The third-order valence-corrected chi connectivity index (χ3v) is 5.34. The number of carboxylic acids is 1. The topological polar surface area (TPSA) is 81.8 Å². The Balaban J connectivity index is 1.51. The zero-order valence-corrected chi connectivity index (χ0v) is 18.6. The number of carbonyl (C=O) groups is 1. The van der Waals surface area contributed by atoms with E-state index >= 15 is 0 Å². The number of aromatic nitrogens is 1. The minimum Gasteiger partial charge on any atom is -0.493 e. The smallest absolute Gasteiger partial charge is 0.307 e. The van der Waals surface area contributed by atoms with Gasteiger partial charge < -0.3 is 19.0 Å². The van der Waals surface area contributed by atoms with Gasteiger partial charge in [0.25, 0.3) is 0 Å². The lowest BCUT2D eigenvalue weighted by Gasteiger charge is -2.14. The van der Waals surface area contributed by atoms with Gasteiger partial charge in [0.15, 0.2) is 11.5 Å². The Morgan fingerprint density at radius 1 is 0.970 bits per heavy atom. The molecule has 0 saturated carbocycles. The Morgan fingerprint density at radius 3 is 2.48 bits per heavy atom. The lowest BCUT2D eigenvalue weighted by molar-refractivity contribution is -0.136. The molecule has 0 aliphatic carbocycles. The highest BCUT2D eigenvalue weighted by atomic mass is 16.5. The SMILES string of the molecule is COc1ccc(-c2ccccc2CC(=O)O)cc1OCCc1nc(-c2ccccc2)oc1C. The highest BCUT2D eigenvalue weighted by Gasteiger charge is 2.14. The summed E-state index contributed by atoms with van der Waals surface area (Å²) in [7, 11) is 1.59. The quantitative estimate of drug-likeness (QED) is 0.364. The molecule has 168 valence electrons. The number of ether oxygens (including phenoxy) is 2. The molecule has 0 fully saturated rings. The van der Waals surface area contributed by atoms with Gasteiger partial charge in [-0.15, -0.1) is 0 Å². The molecule has 33 heavy (non-hydrogen) atoms. The van der Waals surface area contributed by atoms with Crippen molar-refractivity contribution in [3.63, 3.8) is 0 Å². The van der Waals surface area contributed by atoms with Crippen LogP contribution in [0.5, 0.6) is 11.5 Å². The largest absolute Gasteiger partial charge is 0.493 e. The maximum Gasteiger partial charge on any atom is 0.307 e. The van der Waals surface area contributed by atoms with Gasteiger partial charge in [-0.05, 0) is 47.9 Å². The van der Waals surface area contributed by atoms with Crippen LogP contribution in [0.1, 0.15) is 17.0 Å². The Morgan fingerprint density at radius 2 is 1.73 bits per heavy atom. The first kappa shape index (κ1) is 22.1. The van der Waals surface area contributed by atoms with Gasteiger partial charge in [-0.25, -0.2) is 4.98 Å². The molecule has 0 bridgehead atoms. The molecule has 6 heteroatoms. The van der Waals surface area contributed by atoms with Gasteiger partial charge in [0, 0.05) is 12.0 Å². The van der Waals surface area contributed by atoms with E-state index in [2.05, 4.69) is 4.98 Å². The van der Waals surface area contributed by atoms with E-state index in [1.54, 1.807) is 7.11 Å². The summed E-state index contributed by atoms with van der Waals surface area (Å²) in [6.07, 6.45) is 0.527.